The normalized spacial score (nSPS) is 41.0. The van der Waals surface area contributed by atoms with E-state index in [0.717, 1.165) is 30.2 Å². The Morgan fingerprint density at radius 2 is 2.00 bits per heavy atom. The summed E-state index contributed by atoms with van der Waals surface area (Å²) in [5.74, 6) is 3.94. The molecule has 4 atom stereocenters. The predicted octanol–water partition coefficient (Wildman–Crippen LogP) is 3.03. The van der Waals surface area contributed by atoms with E-state index in [4.69, 9.17) is 11.6 Å². The lowest BCUT2D eigenvalue weighted by Gasteiger charge is -2.22. The SMILES string of the molecule is ClC(CNCC1CC2CCC1C2)C1CC1. The third kappa shape index (κ3) is 2.34. The summed E-state index contributed by atoms with van der Waals surface area (Å²) in [6.45, 7) is 2.28. The first kappa shape index (κ1) is 10.4. The molecule has 3 fully saturated rings. The van der Waals surface area contributed by atoms with Crippen molar-refractivity contribution in [2.75, 3.05) is 13.1 Å². The van der Waals surface area contributed by atoms with Crippen LogP contribution in [0.1, 0.15) is 38.5 Å². The van der Waals surface area contributed by atoms with Crippen molar-refractivity contribution >= 4 is 11.6 Å². The largest absolute Gasteiger partial charge is 0.315 e. The first-order valence-electron chi connectivity index (χ1n) is 6.67. The molecule has 0 aromatic carbocycles. The highest BCUT2D eigenvalue weighted by Gasteiger charge is 2.39. The van der Waals surface area contributed by atoms with Crippen LogP contribution in [0.3, 0.4) is 0 Å². The maximum absolute atomic E-state index is 6.28. The molecular formula is C13H22ClN. The molecule has 1 nitrogen and oxygen atoms in total. The van der Waals surface area contributed by atoms with Gasteiger partial charge in [-0.15, -0.1) is 11.6 Å². The Hall–Kier alpha value is 0.250. The molecule has 0 aliphatic heterocycles. The molecule has 0 aromatic rings. The highest BCUT2D eigenvalue weighted by Crippen LogP contribution is 2.47. The van der Waals surface area contributed by atoms with Crippen molar-refractivity contribution in [3.8, 4) is 0 Å². The van der Waals surface area contributed by atoms with Gasteiger partial charge in [-0.2, -0.15) is 0 Å². The molecule has 0 radical (unpaired) electrons. The second-order valence-electron chi connectivity index (χ2n) is 5.95. The van der Waals surface area contributed by atoms with Gasteiger partial charge in [0.1, 0.15) is 0 Å². The Balaban J connectivity index is 1.35. The van der Waals surface area contributed by atoms with Crippen LogP contribution >= 0.6 is 11.6 Å². The van der Waals surface area contributed by atoms with Gasteiger partial charge in [-0.1, -0.05) is 6.42 Å². The van der Waals surface area contributed by atoms with E-state index in [1.54, 1.807) is 0 Å². The highest BCUT2D eigenvalue weighted by atomic mass is 35.5. The minimum Gasteiger partial charge on any atom is -0.315 e. The fourth-order valence-electron chi connectivity index (χ4n) is 3.66. The Labute approximate surface area is 98.0 Å². The molecule has 2 heteroatoms. The van der Waals surface area contributed by atoms with Crippen molar-refractivity contribution in [1.29, 1.82) is 0 Å². The molecule has 0 saturated heterocycles. The molecule has 0 amide bonds. The van der Waals surface area contributed by atoms with Crippen LogP contribution in [0, 0.1) is 23.7 Å². The summed E-state index contributed by atoms with van der Waals surface area (Å²) >= 11 is 6.28. The molecule has 3 rings (SSSR count). The van der Waals surface area contributed by atoms with Crippen LogP contribution in [0.2, 0.25) is 0 Å². The Morgan fingerprint density at radius 1 is 1.13 bits per heavy atom. The van der Waals surface area contributed by atoms with Crippen LogP contribution in [-0.4, -0.2) is 18.5 Å². The third-order valence-corrected chi connectivity index (χ3v) is 5.27. The average molecular weight is 228 g/mol. The number of halogens is 1. The van der Waals surface area contributed by atoms with Crippen LogP contribution in [0.5, 0.6) is 0 Å². The summed E-state index contributed by atoms with van der Waals surface area (Å²) < 4.78 is 0. The van der Waals surface area contributed by atoms with Gasteiger partial charge in [0.2, 0.25) is 0 Å². The molecule has 15 heavy (non-hydrogen) atoms. The Morgan fingerprint density at radius 3 is 2.60 bits per heavy atom. The van der Waals surface area contributed by atoms with E-state index in [0.29, 0.717) is 5.38 Å². The van der Waals surface area contributed by atoms with Crippen molar-refractivity contribution < 1.29 is 0 Å². The summed E-state index contributed by atoms with van der Waals surface area (Å²) in [7, 11) is 0. The van der Waals surface area contributed by atoms with E-state index in [1.165, 1.54) is 45.1 Å². The molecule has 86 valence electrons. The number of rotatable bonds is 5. The van der Waals surface area contributed by atoms with E-state index in [2.05, 4.69) is 5.32 Å². The van der Waals surface area contributed by atoms with Crippen LogP contribution in [0.15, 0.2) is 0 Å². The van der Waals surface area contributed by atoms with E-state index >= 15 is 0 Å². The second-order valence-corrected chi connectivity index (χ2v) is 6.51. The van der Waals surface area contributed by atoms with Gasteiger partial charge in [0.05, 0.1) is 0 Å². The van der Waals surface area contributed by atoms with E-state index in [9.17, 15) is 0 Å². The first-order chi connectivity index (χ1) is 7.33. The quantitative estimate of drug-likeness (QED) is 0.712. The number of nitrogens with one attached hydrogen (secondary N) is 1. The van der Waals surface area contributed by atoms with Crippen LogP contribution in [-0.2, 0) is 0 Å². The smallest absolute Gasteiger partial charge is 0.0488 e. The molecule has 0 spiro atoms. The van der Waals surface area contributed by atoms with Gasteiger partial charge in [0.15, 0.2) is 0 Å². The summed E-state index contributed by atoms with van der Waals surface area (Å²) in [5.41, 5.74) is 0. The van der Waals surface area contributed by atoms with Crippen LogP contribution in [0.25, 0.3) is 0 Å². The molecule has 1 N–H and O–H groups in total. The third-order valence-electron chi connectivity index (χ3n) is 4.76. The standard InChI is InChI=1S/C13H22ClN/c14-13(10-3-4-10)8-15-7-12-6-9-1-2-11(12)5-9/h9-13,15H,1-8H2. The zero-order valence-corrected chi connectivity index (χ0v) is 10.2. The maximum Gasteiger partial charge on any atom is 0.0488 e. The number of fused-ring (bicyclic) bond motifs is 2. The lowest BCUT2D eigenvalue weighted by molar-refractivity contribution is 0.318. The molecule has 0 aromatic heterocycles. The van der Waals surface area contributed by atoms with Crippen molar-refractivity contribution in [1.82, 2.24) is 5.32 Å². The van der Waals surface area contributed by atoms with Crippen molar-refractivity contribution in [3.05, 3.63) is 0 Å². The monoisotopic (exact) mass is 227 g/mol. The van der Waals surface area contributed by atoms with Gasteiger partial charge in [-0.25, -0.2) is 0 Å². The Bertz CT molecular complexity index is 227. The minimum absolute atomic E-state index is 0.406. The maximum atomic E-state index is 6.28. The van der Waals surface area contributed by atoms with Crippen molar-refractivity contribution in [3.63, 3.8) is 0 Å². The zero-order valence-electron chi connectivity index (χ0n) is 9.42. The number of hydrogen-bond acceptors (Lipinski definition) is 1. The summed E-state index contributed by atoms with van der Waals surface area (Å²) in [4.78, 5) is 0. The molecule has 0 heterocycles. The zero-order chi connectivity index (χ0) is 10.3. The van der Waals surface area contributed by atoms with E-state index in [1.807, 2.05) is 0 Å². The van der Waals surface area contributed by atoms with Crippen LogP contribution < -0.4 is 5.32 Å². The van der Waals surface area contributed by atoms with Crippen molar-refractivity contribution in [2.45, 2.75) is 43.9 Å². The lowest BCUT2D eigenvalue weighted by Crippen LogP contribution is -2.31. The number of alkyl halides is 1. The molecular weight excluding hydrogens is 206 g/mol. The summed E-state index contributed by atoms with van der Waals surface area (Å²) in [5, 5.41) is 4.01. The molecule has 3 aliphatic rings. The highest BCUT2D eigenvalue weighted by molar-refractivity contribution is 6.21. The number of hydrogen-bond donors (Lipinski definition) is 1. The fourth-order valence-corrected chi connectivity index (χ4v) is 4.02. The van der Waals surface area contributed by atoms with Gasteiger partial charge in [-0.3, -0.25) is 0 Å². The fraction of sp³-hybridized carbons (Fsp3) is 1.00. The lowest BCUT2D eigenvalue weighted by atomic mass is 9.89. The minimum atomic E-state index is 0.406. The molecule has 3 saturated carbocycles. The summed E-state index contributed by atoms with van der Waals surface area (Å²) in [6.07, 6.45) is 8.77. The first-order valence-corrected chi connectivity index (χ1v) is 7.11. The van der Waals surface area contributed by atoms with Gasteiger partial charge >= 0.3 is 0 Å². The van der Waals surface area contributed by atoms with Gasteiger partial charge in [-0.05, 0) is 62.3 Å². The molecule has 2 bridgehead atoms. The topological polar surface area (TPSA) is 12.0 Å². The Kier molecular flexibility index (Phi) is 2.95. The second kappa shape index (κ2) is 4.25. The van der Waals surface area contributed by atoms with E-state index < -0.39 is 0 Å². The average Bonchev–Trinajstić information content (AvgIpc) is 2.90. The van der Waals surface area contributed by atoms with Gasteiger partial charge < -0.3 is 5.32 Å². The predicted molar refractivity (Wildman–Crippen MR) is 64.2 cm³/mol. The van der Waals surface area contributed by atoms with Crippen molar-refractivity contribution in [2.24, 2.45) is 23.7 Å². The van der Waals surface area contributed by atoms with Crippen LogP contribution in [0.4, 0.5) is 0 Å². The van der Waals surface area contributed by atoms with Gasteiger partial charge in [0, 0.05) is 11.9 Å². The summed E-state index contributed by atoms with van der Waals surface area (Å²) in [6, 6.07) is 0. The van der Waals surface area contributed by atoms with Gasteiger partial charge in [0.25, 0.3) is 0 Å². The molecule has 3 aliphatic carbocycles. The molecule has 4 unspecified atom stereocenters. The van der Waals surface area contributed by atoms with E-state index in [-0.39, 0.29) is 0 Å².